The Morgan fingerprint density at radius 2 is 1.89 bits per heavy atom. The van der Waals surface area contributed by atoms with E-state index in [1.807, 2.05) is 18.2 Å². The molecule has 27 heavy (non-hydrogen) atoms. The molecule has 0 radical (unpaired) electrons. The van der Waals surface area contributed by atoms with Gasteiger partial charge in [0.25, 0.3) is 0 Å². The van der Waals surface area contributed by atoms with E-state index in [-0.39, 0.29) is 12.5 Å². The third-order valence-corrected chi connectivity index (χ3v) is 5.14. The number of para-hydroxylation sites is 1. The van der Waals surface area contributed by atoms with Crippen LogP contribution in [0.15, 0.2) is 24.3 Å². The summed E-state index contributed by atoms with van der Waals surface area (Å²) in [5, 5.41) is 8.22. The Morgan fingerprint density at radius 1 is 1.15 bits per heavy atom. The highest BCUT2D eigenvalue weighted by atomic mass is 16.2. The van der Waals surface area contributed by atoms with Gasteiger partial charge in [-0.15, -0.1) is 0 Å². The van der Waals surface area contributed by atoms with E-state index in [1.54, 1.807) is 0 Å². The molecule has 6 nitrogen and oxygen atoms in total. The van der Waals surface area contributed by atoms with Gasteiger partial charge in [-0.1, -0.05) is 50.8 Å². The number of urea groups is 1. The van der Waals surface area contributed by atoms with Gasteiger partial charge in [0, 0.05) is 24.8 Å². The van der Waals surface area contributed by atoms with Gasteiger partial charge in [0.15, 0.2) is 0 Å². The molecule has 1 saturated carbocycles. The van der Waals surface area contributed by atoms with Crippen LogP contribution < -0.4 is 16.0 Å². The Morgan fingerprint density at radius 3 is 2.63 bits per heavy atom. The quantitative estimate of drug-likeness (QED) is 0.579. The van der Waals surface area contributed by atoms with Crippen molar-refractivity contribution < 1.29 is 9.59 Å². The maximum absolute atomic E-state index is 12.0. The first-order valence-corrected chi connectivity index (χ1v) is 10.2. The van der Waals surface area contributed by atoms with Gasteiger partial charge < -0.3 is 10.6 Å². The second kappa shape index (κ2) is 11.6. The van der Waals surface area contributed by atoms with Crippen molar-refractivity contribution in [3.8, 4) is 0 Å². The van der Waals surface area contributed by atoms with Gasteiger partial charge in [0.2, 0.25) is 5.91 Å². The first-order chi connectivity index (χ1) is 13.1. The predicted octanol–water partition coefficient (Wildman–Crippen LogP) is 3.49. The number of amides is 3. The molecule has 1 aromatic rings. The van der Waals surface area contributed by atoms with Crippen molar-refractivity contribution >= 4 is 17.6 Å². The fourth-order valence-corrected chi connectivity index (χ4v) is 3.52. The summed E-state index contributed by atoms with van der Waals surface area (Å²) >= 11 is 0. The van der Waals surface area contributed by atoms with Crippen LogP contribution in [-0.4, -0.2) is 43.0 Å². The predicted molar refractivity (Wildman–Crippen MR) is 110 cm³/mol. The lowest BCUT2D eigenvalue weighted by Gasteiger charge is -2.31. The Kier molecular flexibility index (Phi) is 9.11. The molecular weight excluding hydrogens is 340 g/mol. The van der Waals surface area contributed by atoms with Crippen molar-refractivity contribution in [2.24, 2.45) is 0 Å². The summed E-state index contributed by atoms with van der Waals surface area (Å²) in [4.78, 5) is 26.1. The largest absolute Gasteiger partial charge is 0.376 e. The maximum Gasteiger partial charge on any atom is 0.321 e. The number of nitrogens with one attached hydrogen (secondary N) is 3. The van der Waals surface area contributed by atoms with E-state index in [9.17, 15) is 9.59 Å². The zero-order chi connectivity index (χ0) is 19.5. The first-order valence-electron chi connectivity index (χ1n) is 10.2. The summed E-state index contributed by atoms with van der Waals surface area (Å²) in [6, 6.07) is 8.27. The molecular formula is C21H34N4O2. The fourth-order valence-electron chi connectivity index (χ4n) is 3.52. The molecule has 0 bridgehead atoms. The van der Waals surface area contributed by atoms with Gasteiger partial charge in [-0.05, 0) is 37.9 Å². The van der Waals surface area contributed by atoms with Crippen LogP contribution in [0, 0.1) is 0 Å². The van der Waals surface area contributed by atoms with E-state index in [0.717, 1.165) is 25.1 Å². The Hall–Kier alpha value is -2.08. The van der Waals surface area contributed by atoms with Gasteiger partial charge >= 0.3 is 6.03 Å². The van der Waals surface area contributed by atoms with Crippen molar-refractivity contribution in [2.45, 2.75) is 64.5 Å². The zero-order valence-corrected chi connectivity index (χ0v) is 16.7. The number of hydrogen-bond donors (Lipinski definition) is 3. The third-order valence-electron chi connectivity index (χ3n) is 5.14. The van der Waals surface area contributed by atoms with Crippen LogP contribution in [0.4, 0.5) is 10.5 Å². The van der Waals surface area contributed by atoms with Gasteiger partial charge in [-0.2, -0.15) is 0 Å². The highest BCUT2D eigenvalue weighted by Crippen LogP contribution is 2.24. The van der Waals surface area contributed by atoms with E-state index in [1.165, 1.54) is 37.7 Å². The maximum atomic E-state index is 12.0. The van der Waals surface area contributed by atoms with E-state index in [4.69, 9.17) is 0 Å². The van der Waals surface area contributed by atoms with Crippen molar-refractivity contribution in [1.82, 2.24) is 15.5 Å². The highest BCUT2D eigenvalue weighted by molar-refractivity contribution is 5.96. The van der Waals surface area contributed by atoms with Crippen LogP contribution in [0.2, 0.25) is 0 Å². The number of carbonyl (C=O) groups excluding carboxylic acids is 2. The Bertz CT molecular complexity index is 600. The lowest BCUT2D eigenvalue weighted by Crippen LogP contribution is -2.42. The molecule has 0 saturated heterocycles. The molecule has 1 fully saturated rings. The SMILES string of the molecule is CCCCNC(=O)NC(=O)CNc1ccccc1CN(C)C1CCCCC1. The summed E-state index contributed by atoms with van der Waals surface area (Å²) in [5.74, 6) is -0.334. The van der Waals surface area contributed by atoms with Crippen LogP contribution >= 0.6 is 0 Å². The molecule has 2 rings (SSSR count). The standard InChI is InChI=1S/C21H34N4O2/c1-3-4-14-22-21(27)24-20(26)15-23-19-13-9-8-10-17(19)16-25(2)18-11-6-5-7-12-18/h8-10,13,18,23H,3-7,11-12,14-16H2,1-2H3,(H2,22,24,26,27). The third kappa shape index (κ3) is 7.59. The number of imide groups is 1. The molecule has 150 valence electrons. The monoisotopic (exact) mass is 374 g/mol. The van der Waals surface area contributed by atoms with Crippen LogP contribution in [0.1, 0.15) is 57.4 Å². The topological polar surface area (TPSA) is 73.5 Å². The first kappa shape index (κ1) is 21.2. The summed E-state index contributed by atoms with van der Waals surface area (Å²) < 4.78 is 0. The molecule has 0 aromatic heterocycles. The minimum absolute atomic E-state index is 0.0748. The highest BCUT2D eigenvalue weighted by Gasteiger charge is 2.19. The minimum atomic E-state index is -0.430. The average molecular weight is 375 g/mol. The lowest BCUT2D eigenvalue weighted by atomic mass is 9.94. The van der Waals surface area contributed by atoms with E-state index in [0.29, 0.717) is 12.6 Å². The number of nitrogens with zero attached hydrogens (tertiary/aromatic N) is 1. The number of anilines is 1. The van der Waals surface area contributed by atoms with E-state index >= 15 is 0 Å². The summed E-state index contributed by atoms with van der Waals surface area (Å²) in [6.07, 6.45) is 8.42. The summed E-state index contributed by atoms with van der Waals surface area (Å²) in [6.45, 7) is 3.56. The number of rotatable bonds is 9. The zero-order valence-electron chi connectivity index (χ0n) is 16.7. The molecule has 1 aliphatic carbocycles. The van der Waals surface area contributed by atoms with Gasteiger partial charge in [0.1, 0.15) is 0 Å². The van der Waals surface area contributed by atoms with Crippen molar-refractivity contribution in [3.05, 3.63) is 29.8 Å². The summed E-state index contributed by atoms with van der Waals surface area (Å²) in [7, 11) is 2.18. The van der Waals surface area contributed by atoms with Crippen LogP contribution in [0.5, 0.6) is 0 Å². The fraction of sp³-hybridized carbons (Fsp3) is 0.619. The summed E-state index contributed by atoms with van der Waals surface area (Å²) in [5.41, 5.74) is 2.12. The number of carbonyl (C=O) groups is 2. The Balaban J connectivity index is 1.82. The van der Waals surface area contributed by atoms with Gasteiger partial charge in [0.05, 0.1) is 6.54 Å². The molecule has 0 spiro atoms. The molecule has 1 aromatic carbocycles. The van der Waals surface area contributed by atoms with Crippen molar-refractivity contribution in [2.75, 3.05) is 25.5 Å². The molecule has 0 heterocycles. The van der Waals surface area contributed by atoms with E-state index < -0.39 is 6.03 Å². The second-order valence-corrected chi connectivity index (χ2v) is 7.38. The lowest BCUT2D eigenvalue weighted by molar-refractivity contribution is -0.118. The number of unbranched alkanes of at least 4 members (excludes halogenated alkanes) is 1. The molecule has 3 amide bonds. The molecule has 6 heteroatoms. The second-order valence-electron chi connectivity index (χ2n) is 7.38. The van der Waals surface area contributed by atoms with Crippen LogP contribution in [0.25, 0.3) is 0 Å². The normalized spacial score (nSPS) is 14.8. The van der Waals surface area contributed by atoms with Crippen molar-refractivity contribution in [1.29, 1.82) is 0 Å². The average Bonchev–Trinajstić information content (AvgIpc) is 2.68. The van der Waals surface area contributed by atoms with Crippen LogP contribution in [0.3, 0.4) is 0 Å². The molecule has 1 aliphatic rings. The van der Waals surface area contributed by atoms with Gasteiger partial charge in [-0.25, -0.2) is 4.79 Å². The molecule has 0 unspecified atom stereocenters. The molecule has 0 aliphatic heterocycles. The molecule has 3 N–H and O–H groups in total. The Labute approximate surface area is 163 Å². The van der Waals surface area contributed by atoms with Crippen molar-refractivity contribution in [3.63, 3.8) is 0 Å². The number of hydrogen-bond acceptors (Lipinski definition) is 4. The van der Waals surface area contributed by atoms with Gasteiger partial charge in [-0.3, -0.25) is 15.0 Å². The number of benzene rings is 1. The van der Waals surface area contributed by atoms with Crippen LogP contribution in [-0.2, 0) is 11.3 Å². The van der Waals surface area contributed by atoms with E-state index in [2.05, 4.69) is 40.9 Å². The minimum Gasteiger partial charge on any atom is -0.376 e. The molecule has 0 atom stereocenters. The smallest absolute Gasteiger partial charge is 0.321 e.